The number of rotatable bonds is 9. The van der Waals surface area contributed by atoms with Crippen molar-refractivity contribution in [2.75, 3.05) is 11.1 Å². The van der Waals surface area contributed by atoms with Crippen molar-refractivity contribution < 1.29 is 9.59 Å². The van der Waals surface area contributed by atoms with E-state index in [1.807, 2.05) is 67.6 Å². The van der Waals surface area contributed by atoms with E-state index in [1.54, 1.807) is 11.8 Å². The van der Waals surface area contributed by atoms with Gasteiger partial charge in [0.1, 0.15) is 12.9 Å². The lowest BCUT2D eigenvalue weighted by atomic mass is 10.2. The number of nitrogens with one attached hydrogen (secondary N) is 2. The van der Waals surface area contributed by atoms with E-state index < -0.39 is 0 Å². The molecule has 0 aliphatic heterocycles. The molecule has 0 spiro atoms. The second-order valence-electron chi connectivity index (χ2n) is 6.54. The maximum absolute atomic E-state index is 12.3. The van der Waals surface area contributed by atoms with Crippen LogP contribution in [0, 0.1) is 5.92 Å². The van der Waals surface area contributed by atoms with Crippen LogP contribution in [0.3, 0.4) is 0 Å². The molecule has 1 heterocycles. The van der Waals surface area contributed by atoms with Crippen LogP contribution >= 0.6 is 11.8 Å². The van der Waals surface area contributed by atoms with Crippen molar-refractivity contribution in [1.82, 2.24) is 20.1 Å². The highest BCUT2D eigenvalue weighted by Crippen LogP contribution is 2.20. The van der Waals surface area contributed by atoms with Crippen LogP contribution < -0.4 is 10.6 Å². The summed E-state index contributed by atoms with van der Waals surface area (Å²) in [5, 5.41) is 9.68. The molecule has 0 saturated carbocycles. The Labute approximate surface area is 173 Å². The first-order chi connectivity index (χ1) is 14.1. The Kier molecular flexibility index (Phi) is 7.40. The smallest absolute Gasteiger partial charge is 0.248 e. The predicted molar refractivity (Wildman–Crippen MR) is 113 cm³/mol. The largest absolute Gasteiger partial charge is 0.350 e. The molecule has 29 heavy (non-hydrogen) atoms. The third-order valence-electron chi connectivity index (χ3n) is 4.10. The van der Waals surface area contributed by atoms with Crippen molar-refractivity contribution in [2.45, 2.75) is 24.9 Å². The highest BCUT2D eigenvalue weighted by Gasteiger charge is 2.16. The number of aromatic nitrogens is 3. The summed E-state index contributed by atoms with van der Waals surface area (Å²) >= 11 is 1.62. The molecule has 0 aliphatic carbocycles. The molecule has 0 saturated heterocycles. The number of benzene rings is 2. The van der Waals surface area contributed by atoms with Gasteiger partial charge in [0.15, 0.2) is 0 Å². The van der Waals surface area contributed by atoms with Crippen molar-refractivity contribution in [3.63, 3.8) is 0 Å². The molecular weight excluding hydrogens is 386 g/mol. The lowest BCUT2D eigenvalue weighted by Crippen LogP contribution is -2.27. The summed E-state index contributed by atoms with van der Waals surface area (Å²) in [5.74, 6) is 0.311. The standard InChI is InChI=1S/C21H23N5O2S/c1-16(14-29-18-10-6-3-7-11-18)20(28)24-21-23-15-26(25-21)13-19(27)22-12-17-8-4-2-5-9-17/h2-11,15-16H,12-14H2,1H3,(H,22,27)(H,24,25,28). The van der Waals surface area contributed by atoms with Gasteiger partial charge in [-0.3, -0.25) is 14.9 Å². The van der Waals surface area contributed by atoms with E-state index in [0.717, 1.165) is 10.5 Å². The molecule has 2 amide bonds. The summed E-state index contributed by atoms with van der Waals surface area (Å²) in [6.07, 6.45) is 1.43. The summed E-state index contributed by atoms with van der Waals surface area (Å²) in [7, 11) is 0. The number of thioether (sulfide) groups is 1. The summed E-state index contributed by atoms with van der Waals surface area (Å²) in [5.41, 5.74) is 1.02. The highest BCUT2D eigenvalue weighted by atomic mass is 32.2. The predicted octanol–water partition coefficient (Wildman–Crippen LogP) is 2.96. The molecule has 0 aliphatic rings. The Morgan fingerprint density at radius 3 is 2.48 bits per heavy atom. The van der Waals surface area contributed by atoms with Gasteiger partial charge < -0.3 is 5.32 Å². The van der Waals surface area contributed by atoms with Crippen molar-refractivity contribution in [1.29, 1.82) is 0 Å². The van der Waals surface area contributed by atoms with Crippen LogP contribution in [-0.2, 0) is 22.7 Å². The van der Waals surface area contributed by atoms with Crippen LogP contribution in [0.25, 0.3) is 0 Å². The van der Waals surface area contributed by atoms with Gasteiger partial charge in [0, 0.05) is 23.1 Å². The van der Waals surface area contributed by atoms with E-state index in [4.69, 9.17) is 0 Å². The molecule has 7 nitrogen and oxygen atoms in total. The van der Waals surface area contributed by atoms with Crippen molar-refractivity contribution in [2.24, 2.45) is 5.92 Å². The van der Waals surface area contributed by atoms with E-state index in [0.29, 0.717) is 12.3 Å². The minimum Gasteiger partial charge on any atom is -0.350 e. The topological polar surface area (TPSA) is 88.9 Å². The van der Waals surface area contributed by atoms with Gasteiger partial charge in [-0.1, -0.05) is 55.5 Å². The van der Waals surface area contributed by atoms with Gasteiger partial charge in [0.05, 0.1) is 0 Å². The summed E-state index contributed by atoms with van der Waals surface area (Å²) in [6, 6.07) is 19.6. The minimum absolute atomic E-state index is 0.0368. The second-order valence-corrected chi connectivity index (χ2v) is 7.64. The normalized spacial score (nSPS) is 11.6. The number of hydrogen-bond donors (Lipinski definition) is 2. The van der Waals surface area contributed by atoms with Crippen LogP contribution in [0.4, 0.5) is 5.95 Å². The lowest BCUT2D eigenvalue weighted by Gasteiger charge is -2.10. The molecule has 0 radical (unpaired) electrons. The number of carbonyl (C=O) groups excluding carboxylic acids is 2. The fourth-order valence-corrected chi connectivity index (χ4v) is 3.42. The molecule has 1 atom stereocenters. The molecule has 8 heteroatoms. The van der Waals surface area contributed by atoms with Crippen molar-refractivity contribution in [3.8, 4) is 0 Å². The molecule has 1 unspecified atom stereocenters. The van der Waals surface area contributed by atoms with E-state index in [9.17, 15) is 9.59 Å². The number of hydrogen-bond acceptors (Lipinski definition) is 5. The van der Waals surface area contributed by atoms with E-state index in [1.165, 1.54) is 11.0 Å². The SMILES string of the molecule is CC(CSc1ccccc1)C(=O)Nc1ncn(CC(=O)NCc2ccccc2)n1. The molecule has 2 N–H and O–H groups in total. The van der Waals surface area contributed by atoms with Gasteiger partial charge in [-0.05, 0) is 17.7 Å². The maximum atomic E-state index is 12.3. The first-order valence-electron chi connectivity index (χ1n) is 9.29. The highest BCUT2D eigenvalue weighted by molar-refractivity contribution is 7.99. The molecule has 0 fully saturated rings. The van der Waals surface area contributed by atoms with Crippen LogP contribution in [0.2, 0.25) is 0 Å². The Morgan fingerprint density at radius 1 is 1.07 bits per heavy atom. The van der Waals surface area contributed by atoms with Crippen LogP contribution in [0.1, 0.15) is 12.5 Å². The fourth-order valence-electron chi connectivity index (χ4n) is 2.47. The van der Waals surface area contributed by atoms with Gasteiger partial charge in [-0.2, -0.15) is 0 Å². The molecule has 150 valence electrons. The van der Waals surface area contributed by atoms with Gasteiger partial charge in [-0.15, -0.1) is 16.9 Å². The molecule has 0 bridgehead atoms. The Morgan fingerprint density at radius 2 is 1.76 bits per heavy atom. The molecule has 1 aromatic heterocycles. The Balaban J connectivity index is 1.43. The van der Waals surface area contributed by atoms with Crippen LogP contribution in [0.5, 0.6) is 0 Å². The molecule has 3 aromatic rings. The first kappa shape index (κ1) is 20.6. The number of amides is 2. The second kappa shape index (κ2) is 10.4. The van der Waals surface area contributed by atoms with E-state index >= 15 is 0 Å². The lowest BCUT2D eigenvalue weighted by molar-refractivity contribution is -0.122. The first-order valence-corrected chi connectivity index (χ1v) is 10.3. The van der Waals surface area contributed by atoms with Gasteiger partial charge in [0.25, 0.3) is 0 Å². The van der Waals surface area contributed by atoms with E-state index in [2.05, 4.69) is 20.7 Å². The number of carbonyl (C=O) groups is 2. The summed E-state index contributed by atoms with van der Waals surface area (Å²) < 4.78 is 1.40. The van der Waals surface area contributed by atoms with Gasteiger partial charge >= 0.3 is 0 Å². The van der Waals surface area contributed by atoms with Crippen molar-refractivity contribution >= 4 is 29.5 Å². The zero-order valence-corrected chi connectivity index (χ0v) is 16.9. The fraction of sp³-hybridized carbons (Fsp3) is 0.238. The van der Waals surface area contributed by atoms with Crippen LogP contribution in [0.15, 0.2) is 71.9 Å². The number of nitrogens with zero attached hydrogens (tertiary/aromatic N) is 3. The van der Waals surface area contributed by atoms with Gasteiger partial charge in [0.2, 0.25) is 17.8 Å². The average molecular weight is 410 g/mol. The summed E-state index contributed by atoms with van der Waals surface area (Å²) in [4.78, 5) is 29.6. The Bertz CT molecular complexity index is 931. The molecular formula is C21H23N5O2S. The Hall–Kier alpha value is -3.13. The number of anilines is 1. The zero-order chi connectivity index (χ0) is 20.5. The minimum atomic E-state index is -0.207. The van der Waals surface area contributed by atoms with Crippen molar-refractivity contribution in [3.05, 3.63) is 72.6 Å². The van der Waals surface area contributed by atoms with Crippen LogP contribution in [-0.4, -0.2) is 32.3 Å². The van der Waals surface area contributed by atoms with E-state index in [-0.39, 0.29) is 30.2 Å². The maximum Gasteiger partial charge on any atom is 0.248 e. The molecule has 3 rings (SSSR count). The zero-order valence-electron chi connectivity index (χ0n) is 16.1. The monoisotopic (exact) mass is 409 g/mol. The third kappa shape index (κ3) is 6.76. The third-order valence-corrected chi connectivity index (χ3v) is 5.37. The quantitative estimate of drug-likeness (QED) is 0.531. The summed E-state index contributed by atoms with van der Waals surface area (Å²) in [6.45, 7) is 2.35. The average Bonchev–Trinajstić information content (AvgIpc) is 3.18. The van der Waals surface area contributed by atoms with Gasteiger partial charge in [-0.25, -0.2) is 9.67 Å². The molecule has 2 aromatic carbocycles.